The van der Waals surface area contributed by atoms with Crippen molar-refractivity contribution in [3.8, 4) is 0 Å². The quantitative estimate of drug-likeness (QED) is 0.351. The number of halogens is 1. The van der Waals surface area contributed by atoms with E-state index in [2.05, 4.69) is 44.7 Å². The van der Waals surface area contributed by atoms with Crippen LogP contribution in [0.1, 0.15) is 6.42 Å². The molecule has 13 heavy (non-hydrogen) atoms. The Morgan fingerprint density at radius 3 is 2.23 bits per heavy atom. The van der Waals surface area contributed by atoms with Crippen LogP contribution in [0.25, 0.3) is 0 Å². The monoisotopic (exact) mass is 270 g/mol. The molecule has 0 aromatic heterocycles. The van der Waals surface area contributed by atoms with Crippen LogP contribution in [0.4, 0.5) is 0 Å². The normalized spacial score (nSPS) is 10.6. The molecular weight excluding hydrogens is 252 g/mol. The molecule has 0 aromatic carbocycles. The molecule has 0 fully saturated rings. The summed E-state index contributed by atoms with van der Waals surface area (Å²) >= 11 is 3.71. The minimum atomic E-state index is -1.02. The predicted octanol–water partition coefficient (Wildman–Crippen LogP) is 4.26. The van der Waals surface area contributed by atoms with Gasteiger partial charge in [0.05, 0.1) is 8.07 Å². The Bertz CT molecular complexity index is 149. The highest BCUT2D eigenvalue weighted by Crippen LogP contribution is 2.24. The van der Waals surface area contributed by atoms with Crippen molar-refractivity contribution in [2.45, 2.75) is 35.7 Å². The lowest BCUT2D eigenvalue weighted by atomic mass is 10.6. The third kappa shape index (κ3) is 6.94. The average Bonchev–Trinajstić information content (AvgIpc) is 2.05. The molecular formula is C10H19BrMgSi. The summed E-state index contributed by atoms with van der Waals surface area (Å²) < 4.78 is 1.44. The van der Waals surface area contributed by atoms with Gasteiger partial charge in [-0.05, 0) is 12.1 Å². The van der Waals surface area contributed by atoms with E-state index < -0.39 is 8.07 Å². The predicted molar refractivity (Wildman–Crippen MR) is 70.5 cm³/mol. The number of hydrogen-bond donors (Lipinski definition) is 0. The molecule has 0 saturated carbocycles. The molecule has 0 saturated heterocycles. The molecule has 0 aromatic rings. The molecule has 0 amide bonds. The van der Waals surface area contributed by atoms with E-state index in [0.717, 1.165) is 0 Å². The Morgan fingerprint density at radius 1 is 1.31 bits per heavy atom. The van der Waals surface area contributed by atoms with Crippen molar-refractivity contribution in [2.75, 3.05) is 0 Å². The highest BCUT2D eigenvalue weighted by molar-refractivity contribution is 9.23. The summed E-state index contributed by atoms with van der Waals surface area (Å²) in [5, 5.41) is 0. The molecule has 0 aliphatic carbocycles. The summed E-state index contributed by atoms with van der Waals surface area (Å²) in [6, 6.07) is 3.95. The Morgan fingerprint density at radius 2 is 1.85 bits per heavy atom. The standard InChI is InChI=1S/C10H19Si.BrH.Mg/c1-5-8-11(4,9-6-2)10-7-3;;/h5-6H,1-3,7-10H2,4H3;1H;/q;;+1/p-1. The van der Waals surface area contributed by atoms with Crippen molar-refractivity contribution >= 4 is 39.2 Å². The smallest absolute Gasteiger partial charge is 0.307 e. The maximum Gasteiger partial charge on any atom is 0.468 e. The summed E-state index contributed by atoms with van der Waals surface area (Å²) in [5.41, 5.74) is 0. The molecule has 0 atom stereocenters. The van der Waals surface area contributed by atoms with E-state index in [1.165, 1.54) is 29.1 Å². The van der Waals surface area contributed by atoms with Gasteiger partial charge in [-0.3, -0.25) is 0 Å². The van der Waals surface area contributed by atoms with Gasteiger partial charge in [0.2, 0.25) is 0 Å². The summed E-state index contributed by atoms with van der Waals surface area (Å²) in [6.45, 7) is 10.2. The second-order valence-corrected chi connectivity index (χ2v) is 12.3. The first-order valence-electron chi connectivity index (χ1n) is 4.96. The molecule has 0 aliphatic rings. The van der Waals surface area contributed by atoms with Gasteiger partial charge in [0.1, 0.15) is 0 Å². The van der Waals surface area contributed by atoms with E-state index in [4.69, 9.17) is 0 Å². The molecule has 0 unspecified atom stereocenters. The second-order valence-electron chi connectivity index (χ2n) is 3.94. The fourth-order valence-corrected chi connectivity index (χ4v) is 6.83. The Labute approximate surface area is 99.5 Å². The number of hydrogen-bond acceptors (Lipinski definition) is 0. The zero-order chi connectivity index (χ0) is 10.2. The molecule has 0 rings (SSSR count). The zero-order valence-electron chi connectivity index (χ0n) is 8.69. The van der Waals surface area contributed by atoms with E-state index in [1.54, 1.807) is 0 Å². The van der Waals surface area contributed by atoms with Crippen molar-refractivity contribution in [1.29, 1.82) is 0 Å². The van der Waals surface area contributed by atoms with Gasteiger partial charge in [0.25, 0.3) is 0 Å². The third-order valence-corrected chi connectivity index (χ3v) is 9.00. The number of rotatable bonds is 8. The molecule has 0 N–H and O–H groups in total. The third-order valence-electron chi connectivity index (χ3n) is 2.44. The van der Waals surface area contributed by atoms with Crippen molar-refractivity contribution in [1.82, 2.24) is 0 Å². The first-order valence-corrected chi connectivity index (χ1v) is 13.0. The van der Waals surface area contributed by atoms with Gasteiger partial charge in [-0.25, -0.2) is 0 Å². The van der Waals surface area contributed by atoms with Crippen molar-refractivity contribution in [3.63, 3.8) is 0 Å². The second kappa shape index (κ2) is 8.27. The van der Waals surface area contributed by atoms with Crippen molar-refractivity contribution in [2.24, 2.45) is 0 Å². The maximum atomic E-state index is 3.86. The van der Waals surface area contributed by atoms with E-state index in [0.29, 0.717) is 0 Å². The SMILES string of the molecule is C=CC[Si](C)(CC=C)CC[CH2][Mg][Br]. The van der Waals surface area contributed by atoms with Gasteiger partial charge in [0.15, 0.2) is 0 Å². The van der Waals surface area contributed by atoms with Crippen LogP contribution in [-0.2, 0) is 0 Å². The van der Waals surface area contributed by atoms with Gasteiger partial charge in [-0.2, -0.15) is 0 Å². The summed E-state index contributed by atoms with van der Waals surface area (Å²) in [7, 11) is -1.02. The maximum absolute atomic E-state index is 3.86. The minimum Gasteiger partial charge on any atom is -0.307 e. The molecule has 0 aliphatic heterocycles. The van der Waals surface area contributed by atoms with Crippen LogP contribution in [0.15, 0.2) is 25.3 Å². The van der Waals surface area contributed by atoms with Gasteiger partial charge >= 0.3 is 18.2 Å². The lowest BCUT2D eigenvalue weighted by Crippen LogP contribution is -2.27. The van der Waals surface area contributed by atoms with Crippen LogP contribution in [0.2, 0.25) is 29.2 Å². The molecule has 72 valence electrons. The number of allylic oxidation sites excluding steroid dienone is 2. The largest absolute Gasteiger partial charge is 0.468 e. The molecule has 3 heteroatoms. The van der Waals surface area contributed by atoms with Gasteiger partial charge < -0.3 is 12.9 Å². The van der Waals surface area contributed by atoms with Crippen LogP contribution in [0.5, 0.6) is 0 Å². The van der Waals surface area contributed by atoms with Crippen LogP contribution in [0, 0.1) is 0 Å². The van der Waals surface area contributed by atoms with Crippen LogP contribution < -0.4 is 0 Å². The van der Waals surface area contributed by atoms with E-state index in [1.807, 2.05) is 0 Å². The van der Waals surface area contributed by atoms with E-state index in [-0.39, 0.29) is 18.2 Å². The molecule has 0 radical (unpaired) electrons. The Balaban J connectivity index is 3.90. The van der Waals surface area contributed by atoms with Crippen LogP contribution in [-0.4, -0.2) is 26.3 Å². The van der Waals surface area contributed by atoms with Crippen molar-refractivity contribution in [3.05, 3.63) is 25.3 Å². The molecule has 0 spiro atoms. The molecule has 0 heterocycles. The molecule has 0 bridgehead atoms. The highest BCUT2D eigenvalue weighted by atomic mass is 79.9. The first-order chi connectivity index (χ1) is 6.18. The Hall–Kier alpha value is 0.943. The lowest BCUT2D eigenvalue weighted by molar-refractivity contribution is 1.03. The van der Waals surface area contributed by atoms with E-state index >= 15 is 0 Å². The Kier molecular flexibility index (Phi) is 8.87. The van der Waals surface area contributed by atoms with Gasteiger partial charge in [-0.15, -0.1) is 17.7 Å². The van der Waals surface area contributed by atoms with Crippen molar-refractivity contribution < 1.29 is 0 Å². The summed E-state index contributed by atoms with van der Waals surface area (Å²) in [4.78, 5) is 0. The highest BCUT2D eigenvalue weighted by Gasteiger charge is 2.22. The fourth-order valence-electron chi connectivity index (χ4n) is 1.63. The van der Waals surface area contributed by atoms with Crippen LogP contribution in [0.3, 0.4) is 0 Å². The van der Waals surface area contributed by atoms with Gasteiger partial charge in [0, 0.05) is 0 Å². The van der Waals surface area contributed by atoms with E-state index in [9.17, 15) is 0 Å². The lowest BCUT2D eigenvalue weighted by Gasteiger charge is -2.24. The first kappa shape index (κ1) is 13.9. The zero-order valence-corrected chi connectivity index (χ0v) is 12.7. The fraction of sp³-hybridized carbons (Fsp3) is 0.600. The minimum absolute atomic E-state index is 0.100. The van der Waals surface area contributed by atoms with Crippen LogP contribution >= 0.6 is 12.9 Å². The van der Waals surface area contributed by atoms with Gasteiger partial charge in [-0.1, -0.05) is 31.2 Å². The summed E-state index contributed by atoms with van der Waals surface area (Å²) in [6.07, 6.45) is 5.62. The topological polar surface area (TPSA) is 0 Å². The average molecular weight is 272 g/mol. The molecule has 0 nitrogen and oxygen atoms in total. The summed E-state index contributed by atoms with van der Waals surface area (Å²) in [5.74, 6) is 0.